The van der Waals surface area contributed by atoms with Crippen LogP contribution in [0.1, 0.15) is 38.2 Å². The van der Waals surface area contributed by atoms with Crippen LogP contribution in [0.15, 0.2) is 30.3 Å². The largest absolute Gasteiger partial charge is 0.550 e. The number of benzene rings is 1. The lowest BCUT2D eigenvalue weighted by molar-refractivity contribution is -0.307. The number of aliphatic carboxylic acids is 2. The van der Waals surface area contributed by atoms with Crippen molar-refractivity contribution in [2.75, 3.05) is 6.61 Å². The van der Waals surface area contributed by atoms with Gasteiger partial charge in [0.2, 0.25) is 0 Å². The van der Waals surface area contributed by atoms with Crippen molar-refractivity contribution in [3.05, 3.63) is 35.9 Å². The Kier molecular flexibility index (Phi) is 13.5. The average Bonchev–Trinajstić information content (AvgIpc) is 2.69. The lowest BCUT2D eigenvalue weighted by Crippen LogP contribution is -2.34. The van der Waals surface area contributed by atoms with Crippen LogP contribution >= 0.6 is 0 Å². The van der Waals surface area contributed by atoms with E-state index in [0.717, 1.165) is 5.56 Å². The maximum absolute atomic E-state index is 11.4. The summed E-state index contributed by atoms with van der Waals surface area (Å²) in [6.45, 7) is 2.04. The zero-order valence-electron chi connectivity index (χ0n) is 16.2. The van der Waals surface area contributed by atoms with Crippen LogP contribution in [-0.4, -0.2) is 42.6 Å². The first-order valence-corrected chi connectivity index (χ1v) is 8.95. The number of carboxylic acid groups (broad SMARTS) is 2. The van der Waals surface area contributed by atoms with E-state index in [-0.39, 0.29) is 38.9 Å². The van der Waals surface area contributed by atoms with Gasteiger partial charge in [0, 0.05) is 11.9 Å². The van der Waals surface area contributed by atoms with Crippen molar-refractivity contribution in [3.63, 3.8) is 0 Å². The van der Waals surface area contributed by atoms with Gasteiger partial charge in [-0.3, -0.25) is 9.59 Å². The highest BCUT2D eigenvalue weighted by molar-refractivity contribution is 5.77. The Hall–Kier alpha value is -2.98. The highest BCUT2D eigenvalue weighted by Crippen LogP contribution is 2.03. The van der Waals surface area contributed by atoms with Crippen molar-refractivity contribution in [1.29, 1.82) is 0 Å². The second-order valence-corrected chi connectivity index (χ2v) is 5.88. The van der Waals surface area contributed by atoms with Crippen molar-refractivity contribution < 1.29 is 38.9 Å². The van der Waals surface area contributed by atoms with E-state index in [0.29, 0.717) is 0 Å². The van der Waals surface area contributed by atoms with E-state index in [9.17, 15) is 29.4 Å². The standard InChI is InChI=1S/C12H15NO4.C7H13NO4/c13-10(6-7-11(14)15)12(16)17-8-9-4-2-1-3-5-9;1-2-12-7(11)5(8)3-4-6(9)10/h1-5,10H,6-8,13H2,(H,14,15);5H,2-4,8H2,1H3,(H,9,10)/p-2/t10-;5-/m00/s1. The predicted molar refractivity (Wildman–Crippen MR) is 97.3 cm³/mol. The summed E-state index contributed by atoms with van der Waals surface area (Å²) in [5, 5.41) is 20.2. The molecule has 0 unspecified atom stereocenters. The Labute approximate surface area is 168 Å². The van der Waals surface area contributed by atoms with Gasteiger partial charge < -0.3 is 40.7 Å². The number of esters is 2. The van der Waals surface area contributed by atoms with Crippen LogP contribution in [-0.2, 0) is 35.3 Å². The molecule has 1 rings (SSSR count). The molecule has 1 aromatic rings. The van der Waals surface area contributed by atoms with Gasteiger partial charge in [-0.25, -0.2) is 0 Å². The maximum atomic E-state index is 11.4. The van der Waals surface area contributed by atoms with Crippen LogP contribution in [0.2, 0.25) is 0 Å². The van der Waals surface area contributed by atoms with Crippen LogP contribution in [0.25, 0.3) is 0 Å². The van der Waals surface area contributed by atoms with Crippen LogP contribution in [0.5, 0.6) is 0 Å². The monoisotopic (exact) mass is 410 g/mol. The molecule has 2 atom stereocenters. The Morgan fingerprint density at radius 1 is 0.862 bits per heavy atom. The lowest BCUT2D eigenvalue weighted by Gasteiger charge is -2.11. The van der Waals surface area contributed by atoms with Crippen molar-refractivity contribution in [2.24, 2.45) is 11.5 Å². The molecule has 0 saturated carbocycles. The summed E-state index contributed by atoms with van der Waals surface area (Å²) in [5.74, 6) is -3.61. The summed E-state index contributed by atoms with van der Waals surface area (Å²) in [6, 6.07) is 7.38. The molecule has 0 aliphatic heterocycles. The number of carbonyl (C=O) groups is 4. The topological polar surface area (TPSA) is 185 Å². The van der Waals surface area contributed by atoms with Crippen molar-refractivity contribution in [3.8, 4) is 0 Å². The molecule has 4 N–H and O–H groups in total. The fraction of sp³-hybridized carbons (Fsp3) is 0.474. The van der Waals surface area contributed by atoms with E-state index in [1.165, 1.54) is 0 Å². The molecular formula is C19H26N2O8-2. The maximum Gasteiger partial charge on any atom is 0.323 e. The third kappa shape index (κ3) is 13.8. The van der Waals surface area contributed by atoms with Crippen LogP contribution in [0.4, 0.5) is 0 Å². The summed E-state index contributed by atoms with van der Waals surface area (Å²) in [6.07, 6.45) is -0.390. The molecular weight excluding hydrogens is 384 g/mol. The molecule has 29 heavy (non-hydrogen) atoms. The molecule has 0 aliphatic carbocycles. The summed E-state index contributed by atoms with van der Waals surface area (Å²) in [4.78, 5) is 42.3. The number of rotatable bonds is 11. The normalized spacial score (nSPS) is 12.0. The molecule has 0 heterocycles. The minimum atomic E-state index is -1.23. The zero-order valence-corrected chi connectivity index (χ0v) is 16.2. The van der Waals surface area contributed by atoms with Gasteiger partial charge >= 0.3 is 11.9 Å². The molecule has 162 valence electrons. The van der Waals surface area contributed by atoms with E-state index in [2.05, 4.69) is 4.74 Å². The summed E-state index contributed by atoms with van der Waals surface area (Å²) >= 11 is 0. The molecule has 0 fully saturated rings. The van der Waals surface area contributed by atoms with E-state index in [1.54, 1.807) is 6.92 Å². The molecule has 0 aliphatic rings. The van der Waals surface area contributed by atoms with Crippen LogP contribution < -0.4 is 21.7 Å². The van der Waals surface area contributed by atoms with E-state index < -0.39 is 36.0 Å². The Morgan fingerprint density at radius 2 is 1.31 bits per heavy atom. The molecule has 0 bridgehead atoms. The third-order valence-corrected chi connectivity index (χ3v) is 3.43. The minimum Gasteiger partial charge on any atom is -0.550 e. The van der Waals surface area contributed by atoms with Gasteiger partial charge in [0.1, 0.15) is 18.7 Å². The van der Waals surface area contributed by atoms with E-state index >= 15 is 0 Å². The molecule has 10 heteroatoms. The average molecular weight is 410 g/mol. The number of hydrogen-bond acceptors (Lipinski definition) is 10. The highest BCUT2D eigenvalue weighted by atomic mass is 16.5. The molecule has 0 amide bonds. The van der Waals surface area contributed by atoms with Gasteiger partial charge in [-0.15, -0.1) is 0 Å². The zero-order chi connectivity index (χ0) is 22.2. The quantitative estimate of drug-likeness (QED) is 0.386. The lowest BCUT2D eigenvalue weighted by atomic mass is 10.2. The van der Waals surface area contributed by atoms with E-state index in [1.807, 2.05) is 30.3 Å². The fourth-order valence-electron chi connectivity index (χ4n) is 1.87. The fourth-order valence-corrected chi connectivity index (χ4v) is 1.87. The third-order valence-electron chi connectivity index (χ3n) is 3.43. The predicted octanol–water partition coefficient (Wildman–Crippen LogP) is -2.01. The van der Waals surface area contributed by atoms with Crippen LogP contribution in [0, 0.1) is 0 Å². The van der Waals surface area contributed by atoms with Gasteiger partial charge in [0.25, 0.3) is 0 Å². The number of hydrogen-bond donors (Lipinski definition) is 2. The molecule has 0 aromatic heterocycles. The van der Waals surface area contributed by atoms with Crippen molar-refractivity contribution >= 4 is 23.9 Å². The summed E-state index contributed by atoms with van der Waals surface area (Å²) in [5.41, 5.74) is 11.6. The molecule has 1 aromatic carbocycles. The first-order valence-electron chi connectivity index (χ1n) is 8.95. The van der Waals surface area contributed by atoms with Gasteiger partial charge in [-0.1, -0.05) is 30.3 Å². The molecule has 0 spiro atoms. The number of ether oxygens (including phenoxy) is 2. The smallest absolute Gasteiger partial charge is 0.323 e. The summed E-state index contributed by atoms with van der Waals surface area (Å²) in [7, 11) is 0. The molecule has 10 nitrogen and oxygen atoms in total. The Morgan fingerprint density at radius 3 is 1.72 bits per heavy atom. The Balaban J connectivity index is 0.000000578. The first kappa shape index (κ1) is 26.0. The number of nitrogens with two attached hydrogens (primary N) is 2. The highest BCUT2D eigenvalue weighted by Gasteiger charge is 2.15. The van der Waals surface area contributed by atoms with Gasteiger partial charge in [-0.2, -0.15) is 0 Å². The van der Waals surface area contributed by atoms with Crippen molar-refractivity contribution in [2.45, 2.75) is 51.3 Å². The first-order chi connectivity index (χ1) is 13.7. The van der Waals surface area contributed by atoms with Gasteiger partial charge in [-0.05, 0) is 38.2 Å². The number of carboxylic acids is 2. The summed E-state index contributed by atoms with van der Waals surface area (Å²) < 4.78 is 9.50. The van der Waals surface area contributed by atoms with Gasteiger partial charge in [0.15, 0.2) is 0 Å². The van der Waals surface area contributed by atoms with Crippen LogP contribution in [0.3, 0.4) is 0 Å². The van der Waals surface area contributed by atoms with Crippen molar-refractivity contribution in [1.82, 2.24) is 0 Å². The molecule has 0 saturated heterocycles. The second-order valence-electron chi connectivity index (χ2n) is 5.88. The minimum absolute atomic E-state index is 0.0238. The van der Waals surface area contributed by atoms with E-state index in [4.69, 9.17) is 16.2 Å². The second kappa shape index (κ2) is 15.0. The molecule has 0 radical (unpaired) electrons. The SMILES string of the molecule is CCOC(=O)[C@@H](N)CCC(=O)[O-].N[C@@H](CCC(=O)[O-])C(=O)OCc1ccccc1. The van der Waals surface area contributed by atoms with Gasteiger partial charge in [0.05, 0.1) is 6.61 Å². The number of carbonyl (C=O) groups excluding carboxylic acids is 4. The Bertz CT molecular complexity index is 651.